The van der Waals surface area contributed by atoms with Gasteiger partial charge < -0.3 is 31.2 Å². The molecule has 39 heavy (non-hydrogen) atoms. The van der Waals surface area contributed by atoms with Crippen LogP contribution >= 0.6 is 23.3 Å². The van der Waals surface area contributed by atoms with Gasteiger partial charge in [-0.15, -0.1) is 11.3 Å². The lowest BCUT2D eigenvalue weighted by Crippen LogP contribution is -2.38. The van der Waals surface area contributed by atoms with Gasteiger partial charge in [-0.25, -0.2) is 4.98 Å². The molecule has 5 rings (SSSR count). The second-order valence-electron chi connectivity index (χ2n) is 8.76. The zero-order valence-electron chi connectivity index (χ0n) is 21.4. The molecular formula is C27H32N6O4S2. The first-order chi connectivity index (χ1) is 18.1. The molecule has 1 fully saturated rings. The van der Waals surface area contributed by atoms with Crippen molar-refractivity contribution in [3.63, 3.8) is 0 Å². The molecule has 0 radical (unpaired) electrons. The van der Waals surface area contributed by atoms with Crippen LogP contribution in [0.25, 0.3) is 10.2 Å². The number of hydrogen-bond donors (Lipinski definition) is 3. The van der Waals surface area contributed by atoms with Crippen molar-refractivity contribution in [2.24, 2.45) is 0 Å². The van der Waals surface area contributed by atoms with E-state index in [1.54, 1.807) is 30.1 Å². The molecule has 3 heterocycles. The molecule has 4 aromatic rings. The van der Waals surface area contributed by atoms with Gasteiger partial charge in [-0.3, -0.25) is 9.52 Å². The van der Waals surface area contributed by atoms with Gasteiger partial charge in [0, 0.05) is 28.4 Å². The number of nitrogens with one attached hydrogen (secondary N) is 3. The number of carbonyl (C=O) groups is 1. The van der Waals surface area contributed by atoms with Crippen molar-refractivity contribution < 1.29 is 20.5 Å². The second-order valence-corrected chi connectivity index (χ2v) is 10.6. The average molecular weight is 569 g/mol. The van der Waals surface area contributed by atoms with E-state index < -0.39 is 0 Å². The van der Waals surface area contributed by atoms with Crippen LogP contribution in [0.15, 0.2) is 77.5 Å². The van der Waals surface area contributed by atoms with E-state index in [2.05, 4.69) is 56.0 Å². The van der Waals surface area contributed by atoms with Crippen molar-refractivity contribution in [1.29, 1.82) is 0 Å². The number of benzene rings is 2. The van der Waals surface area contributed by atoms with Gasteiger partial charge in [0.1, 0.15) is 10.4 Å². The van der Waals surface area contributed by atoms with E-state index in [0.717, 1.165) is 33.9 Å². The quantitative estimate of drug-likeness (QED) is 0.198. The molecule has 0 atom stereocenters. The monoisotopic (exact) mass is 568 g/mol. The normalized spacial score (nSPS) is 13.7. The molecule has 12 heteroatoms. The topological polar surface area (TPSA) is 154 Å². The number of carbonyl (C=O) groups excluding carboxylic acids is 1. The van der Waals surface area contributed by atoms with E-state index in [1.165, 1.54) is 30.3 Å². The Labute approximate surface area is 235 Å². The standard InChI is InChI=1S/C27H28N6O2S2.2H2O/c1-3-24(34)28-20-5-4-6-21(17-20)35-26-25-23(13-16-36-25)30-27(31-26)29-18-7-9-22(10-8-18)37-32-19-11-14-33(2)15-12-19;;/h3-10,13,16-17,19,32H,1,11-12,14-15H2,2H3,(H,28,34)(H,29,30,31);2*1H2. The van der Waals surface area contributed by atoms with Crippen molar-refractivity contribution in [3.05, 3.63) is 72.6 Å². The Kier molecular flexibility index (Phi) is 10.8. The summed E-state index contributed by atoms with van der Waals surface area (Å²) < 4.78 is 10.6. The molecule has 1 aliphatic rings. The highest BCUT2D eigenvalue weighted by Crippen LogP contribution is 2.34. The third kappa shape index (κ3) is 7.99. The fourth-order valence-electron chi connectivity index (χ4n) is 3.92. The first-order valence-corrected chi connectivity index (χ1v) is 13.7. The van der Waals surface area contributed by atoms with Crippen LogP contribution in [0, 0.1) is 0 Å². The molecule has 206 valence electrons. The summed E-state index contributed by atoms with van der Waals surface area (Å²) in [5.41, 5.74) is 2.29. The summed E-state index contributed by atoms with van der Waals surface area (Å²) in [4.78, 5) is 24.5. The number of rotatable bonds is 9. The number of ether oxygens (including phenoxy) is 1. The molecule has 1 saturated heterocycles. The van der Waals surface area contributed by atoms with E-state index in [-0.39, 0.29) is 16.9 Å². The summed E-state index contributed by atoms with van der Waals surface area (Å²) in [6, 6.07) is 17.8. The van der Waals surface area contributed by atoms with Crippen LogP contribution in [0.2, 0.25) is 0 Å². The molecule has 0 unspecified atom stereocenters. The van der Waals surface area contributed by atoms with Crippen LogP contribution in [-0.4, -0.2) is 57.9 Å². The van der Waals surface area contributed by atoms with Gasteiger partial charge in [-0.2, -0.15) is 4.98 Å². The largest absolute Gasteiger partial charge is 0.437 e. The SMILES string of the molecule is C=CC(=O)Nc1cccc(Oc2nc(Nc3ccc(SNC4CCN(C)CC4)cc3)nc3ccsc23)c1.O.O. The molecule has 7 N–H and O–H groups in total. The third-order valence-corrected chi connectivity index (χ3v) is 7.80. The molecule has 0 saturated carbocycles. The number of piperidine rings is 1. The minimum absolute atomic E-state index is 0. The number of amides is 1. The number of aromatic nitrogens is 2. The Morgan fingerprint density at radius 3 is 2.62 bits per heavy atom. The second kappa shape index (κ2) is 14.0. The average Bonchev–Trinajstić information content (AvgIpc) is 3.38. The molecule has 0 spiro atoms. The molecule has 1 aliphatic heterocycles. The predicted molar refractivity (Wildman–Crippen MR) is 159 cm³/mol. The van der Waals surface area contributed by atoms with Crippen LogP contribution in [0.3, 0.4) is 0 Å². The number of hydrogen-bond acceptors (Lipinski definition) is 9. The Bertz CT molecular complexity index is 1390. The summed E-state index contributed by atoms with van der Waals surface area (Å²) in [5, 5.41) is 7.99. The summed E-state index contributed by atoms with van der Waals surface area (Å²) >= 11 is 3.19. The summed E-state index contributed by atoms with van der Waals surface area (Å²) in [7, 11) is 2.17. The van der Waals surface area contributed by atoms with Gasteiger partial charge in [0.25, 0.3) is 0 Å². The number of nitrogens with zero attached hydrogens (tertiary/aromatic N) is 3. The molecular weight excluding hydrogens is 536 g/mol. The first-order valence-electron chi connectivity index (χ1n) is 12.0. The smallest absolute Gasteiger partial charge is 0.247 e. The summed E-state index contributed by atoms with van der Waals surface area (Å²) in [5.74, 6) is 1.17. The zero-order chi connectivity index (χ0) is 25.6. The van der Waals surface area contributed by atoms with Crippen LogP contribution in [0.4, 0.5) is 17.3 Å². The maximum Gasteiger partial charge on any atom is 0.247 e. The van der Waals surface area contributed by atoms with Gasteiger partial charge in [0.15, 0.2) is 0 Å². The lowest BCUT2D eigenvalue weighted by molar-refractivity contribution is -0.111. The molecule has 2 aromatic carbocycles. The third-order valence-electron chi connectivity index (χ3n) is 5.95. The van der Waals surface area contributed by atoms with Crippen molar-refractivity contribution in [2.45, 2.75) is 23.8 Å². The van der Waals surface area contributed by atoms with Crippen LogP contribution < -0.4 is 20.1 Å². The van der Waals surface area contributed by atoms with Crippen molar-refractivity contribution >= 4 is 56.7 Å². The van der Waals surface area contributed by atoms with Gasteiger partial charge >= 0.3 is 0 Å². The van der Waals surface area contributed by atoms with E-state index in [1.807, 2.05) is 29.6 Å². The maximum atomic E-state index is 11.6. The van der Waals surface area contributed by atoms with E-state index >= 15 is 0 Å². The Hall–Kier alpha value is -3.52. The van der Waals surface area contributed by atoms with Gasteiger partial charge in [0.05, 0.1) is 5.52 Å². The van der Waals surface area contributed by atoms with E-state index in [4.69, 9.17) is 4.74 Å². The Morgan fingerprint density at radius 1 is 1.10 bits per heavy atom. The van der Waals surface area contributed by atoms with E-state index in [9.17, 15) is 4.79 Å². The molecule has 0 bridgehead atoms. The highest BCUT2D eigenvalue weighted by atomic mass is 32.2. The summed E-state index contributed by atoms with van der Waals surface area (Å²) in [6.07, 6.45) is 3.57. The minimum Gasteiger partial charge on any atom is -0.437 e. The van der Waals surface area contributed by atoms with Crippen LogP contribution in [-0.2, 0) is 4.79 Å². The number of fused-ring (bicyclic) bond motifs is 1. The highest BCUT2D eigenvalue weighted by molar-refractivity contribution is 7.97. The number of anilines is 3. The van der Waals surface area contributed by atoms with E-state index in [0.29, 0.717) is 29.3 Å². The fourth-order valence-corrected chi connectivity index (χ4v) is 5.48. The maximum absolute atomic E-state index is 11.6. The first kappa shape index (κ1) is 30.0. The Morgan fingerprint density at radius 2 is 1.87 bits per heavy atom. The molecule has 10 nitrogen and oxygen atoms in total. The van der Waals surface area contributed by atoms with Crippen molar-refractivity contribution in [1.82, 2.24) is 19.6 Å². The lowest BCUT2D eigenvalue weighted by Gasteiger charge is -2.29. The molecule has 1 amide bonds. The zero-order valence-corrected chi connectivity index (χ0v) is 23.1. The van der Waals surface area contributed by atoms with Crippen LogP contribution in [0.5, 0.6) is 11.6 Å². The molecule has 2 aromatic heterocycles. The van der Waals surface area contributed by atoms with Gasteiger partial charge in [-0.05, 0) is 98.8 Å². The molecule has 0 aliphatic carbocycles. The summed E-state index contributed by atoms with van der Waals surface area (Å²) in [6.45, 7) is 5.76. The Balaban J connectivity index is 0.00000210. The van der Waals surface area contributed by atoms with Gasteiger partial charge in [0.2, 0.25) is 17.7 Å². The predicted octanol–water partition coefficient (Wildman–Crippen LogP) is 4.39. The highest BCUT2D eigenvalue weighted by Gasteiger charge is 2.16. The van der Waals surface area contributed by atoms with Crippen molar-refractivity contribution in [2.75, 3.05) is 30.8 Å². The lowest BCUT2D eigenvalue weighted by atomic mass is 10.1. The number of thiophene rings is 1. The minimum atomic E-state index is -0.284. The van der Waals surface area contributed by atoms with Gasteiger partial charge in [-0.1, -0.05) is 12.6 Å². The fraction of sp³-hybridized carbons (Fsp3) is 0.222. The van der Waals surface area contributed by atoms with Crippen molar-refractivity contribution in [3.8, 4) is 11.6 Å². The number of likely N-dealkylation sites (tertiary alicyclic amines) is 1. The van der Waals surface area contributed by atoms with Crippen LogP contribution in [0.1, 0.15) is 12.8 Å².